The molecule has 0 spiro atoms. The molecule has 1 heterocycles. The Morgan fingerprint density at radius 3 is 2.82 bits per heavy atom. The fourth-order valence-corrected chi connectivity index (χ4v) is 5.31. The zero-order chi connectivity index (χ0) is 15.9. The third-order valence-electron chi connectivity index (χ3n) is 4.24. The summed E-state index contributed by atoms with van der Waals surface area (Å²) in [5.41, 5.74) is 0. The summed E-state index contributed by atoms with van der Waals surface area (Å²) in [7, 11) is -0.844. The van der Waals surface area contributed by atoms with E-state index in [2.05, 4.69) is 23.6 Å². The first-order chi connectivity index (χ1) is 10.7. The minimum atomic E-state index is -0.844. The quantitative estimate of drug-likeness (QED) is 0.830. The maximum absolute atomic E-state index is 12.3. The average molecular weight is 343 g/mol. The van der Waals surface area contributed by atoms with Crippen LogP contribution >= 0.6 is 11.3 Å². The molecule has 1 aromatic rings. The smallest absolute Gasteiger partial charge is 0.315 e. The molecule has 0 aliphatic heterocycles. The molecular weight excluding hydrogens is 316 g/mol. The number of carbonyl (C=O) groups excluding carboxylic acids is 1. The summed E-state index contributed by atoms with van der Waals surface area (Å²) in [5, 5.41) is 8.26. The van der Waals surface area contributed by atoms with Crippen molar-refractivity contribution in [3.63, 3.8) is 0 Å². The van der Waals surface area contributed by atoms with Gasteiger partial charge in [0.15, 0.2) is 0 Å². The number of thiophene rings is 1. The Morgan fingerprint density at radius 2 is 2.18 bits per heavy atom. The largest absolute Gasteiger partial charge is 0.334 e. The van der Waals surface area contributed by atoms with Crippen molar-refractivity contribution in [1.82, 2.24) is 10.6 Å². The number of nitrogens with one attached hydrogen (secondary N) is 2. The first-order valence-electron chi connectivity index (χ1n) is 8.13. The molecule has 4 nitrogen and oxygen atoms in total. The minimum Gasteiger partial charge on any atom is -0.334 e. The average Bonchev–Trinajstić information content (AvgIpc) is 3.06. The van der Waals surface area contributed by atoms with Gasteiger partial charge in [-0.1, -0.05) is 32.8 Å². The zero-order valence-corrected chi connectivity index (χ0v) is 15.0. The molecule has 2 rings (SSSR count). The molecule has 2 N–H and O–H groups in total. The summed E-state index contributed by atoms with van der Waals surface area (Å²) in [6, 6.07) is 4.01. The topological polar surface area (TPSA) is 58.2 Å². The van der Waals surface area contributed by atoms with Crippen LogP contribution in [0.15, 0.2) is 17.5 Å². The maximum Gasteiger partial charge on any atom is 0.315 e. The van der Waals surface area contributed by atoms with Crippen LogP contribution in [0.1, 0.15) is 56.9 Å². The Hall–Kier alpha value is -0.880. The standard InChI is InChI=1S/C16H26N2O2S2/c1-3-12(14-9-7-11-21-14)17-16(19)18-13-8-5-6-10-15(13)22(20)4-2/h7,9,11-13,15H,3-6,8,10H2,1-2H3,(H2,17,18,19)/t12-,13+,15+,22+/m0/s1. The molecule has 124 valence electrons. The van der Waals surface area contributed by atoms with E-state index in [9.17, 15) is 9.00 Å². The van der Waals surface area contributed by atoms with Crippen molar-refractivity contribution < 1.29 is 9.00 Å². The van der Waals surface area contributed by atoms with Gasteiger partial charge < -0.3 is 10.6 Å². The van der Waals surface area contributed by atoms with Crippen molar-refractivity contribution >= 4 is 28.2 Å². The van der Waals surface area contributed by atoms with Crippen molar-refractivity contribution in [3.05, 3.63) is 22.4 Å². The van der Waals surface area contributed by atoms with Crippen LogP contribution in [-0.4, -0.2) is 27.3 Å². The predicted molar refractivity (Wildman–Crippen MR) is 93.7 cm³/mol. The van der Waals surface area contributed by atoms with E-state index in [0.29, 0.717) is 5.75 Å². The first kappa shape index (κ1) is 17.5. The lowest BCUT2D eigenvalue weighted by Gasteiger charge is -2.31. The van der Waals surface area contributed by atoms with Gasteiger partial charge in [0.2, 0.25) is 0 Å². The summed E-state index contributed by atoms with van der Waals surface area (Å²) < 4.78 is 12.2. The lowest BCUT2D eigenvalue weighted by molar-refractivity contribution is 0.229. The SMILES string of the molecule is CC[C@H](NC(=O)N[C@@H]1CCCC[C@H]1[S@](=O)CC)c1cccs1. The summed E-state index contributed by atoms with van der Waals surface area (Å²) in [5.74, 6) is 0.664. The molecule has 0 bridgehead atoms. The van der Waals surface area contributed by atoms with Gasteiger partial charge in [0.1, 0.15) is 0 Å². The van der Waals surface area contributed by atoms with E-state index in [0.717, 1.165) is 32.1 Å². The maximum atomic E-state index is 12.3. The Kier molecular flexibility index (Phi) is 6.89. The van der Waals surface area contributed by atoms with E-state index in [1.165, 1.54) is 4.88 Å². The highest BCUT2D eigenvalue weighted by atomic mass is 32.2. The molecule has 22 heavy (non-hydrogen) atoms. The summed E-state index contributed by atoms with van der Waals surface area (Å²) in [6.07, 6.45) is 4.96. The second-order valence-corrected chi connectivity index (χ2v) is 8.62. The van der Waals surface area contributed by atoms with E-state index < -0.39 is 10.8 Å². The van der Waals surface area contributed by atoms with E-state index >= 15 is 0 Å². The van der Waals surface area contributed by atoms with Crippen molar-refractivity contribution in [2.45, 2.75) is 63.3 Å². The molecular formula is C16H26N2O2S2. The summed E-state index contributed by atoms with van der Waals surface area (Å²) >= 11 is 1.66. The molecule has 0 aromatic carbocycles. The predicted octanol–water partition coefficient (Wildman–Crippen LogP) is 3.58. The fourth-order valence-electron chi connectivity index (χ4n) is 3.02. The molecule has 1 aliphatic rings. The molecule has 0 unspecified atom stereocenters. The fraction of sp³-hybridized carbons (Fsp3) is 0.688. The van der Waals surface area contributed by atoms with Crippen LogP contribution in [0.25, 0.3) is 0 Å². The van der Waals surface area contributed by atoms with Crippen molar-refractivity contribution in [3.8, 4) is 0 Å². The highest BCUT2D eigenvalue weighted by Gasteiger charge is 2.30. The van der Waals surface area contributed by atoms with Gasteiger partial charge in [-0.3, -0.25) is 4.21 Å². The van der Waals surface area contributed by atoms with Crippen LogP contribution in [0.5, 0.6) is 0 Å². The Balaban J connectivity index is 1.93. The summed E-state index contributed by atoms with van der Waals surface area (Å²) in [4.78, 5) is 13.5. The van der Waals surface area contributed by atoms with Gasteiger partial charge in [-0.15, -0.1) is 11.3 Å². The Labute approximate surface area is 139 Å². The van der Waals surface area contributed by atoms with Crippen LogP contribution in [0.4, 0.5) is 4.79 Å². The van der Waals surface area contributed by atoms with Gasteiger partial charge in [0.25, 0.3) is 0 Å². The second-order valence-electron chi connectivity index (χ2n) is 5.69. The second kappa shape index (κ2) is 8.67. The van der Waals surface area contributed by atoms with Crippen LogP contribution in [0, 0.1) is 0 Å². The van der Waals surface area contributed by atoms with Gasteiger partial charge >= 0.3 is 6.03 Å². The molecule has 1 aromatic heterocycles. The highest BCUT2D eigenvalue weighted by Crippen LogP contribution is 2.24. The monoisotopic (exact) mass is 342 g/mol. The number of hydrogen-bond acceptors (Lipinski definition) is 3. The van der Waals surface area contributed by atoms with Gasteiger partial charge in [-0.2, -0.15) is 0 Å². The Bertz CT molecular complexity index is 490. The normalized spacial score (nSPS) is 24.5. The van der Waals surface area contributed by atoms with Crippen LogP contribution in [-0.2, 0) is 10.8 Å². The van der Waals surface area contributed by atoms with E-state index in [-0.39, 0.29) is 23.4 Å². The summed E-state index contributed by atoms with van der Waals surface area (Å²) in [6.45, 7) is 4.02. The number of rotatable bonds is 6. The van der Waals surface area contributed by atoms with Gasteiger partial charge in [0.05, 0.1) is 11.3 Å². The third-order valence-corrected chi connectivity index (χ3v) is 7.04. The third kappa shape index (κ3) is 4.56. The van der Waals surface area contributed by atoms with E-state index in [4.69, 9.17) is 0 Å². The number of carbonyl (C=O) groups is 1. The number of hydrogen-bond donors (Lipinski definition) is 2. The van der Waals surface area contributed by atoms with E-state index in [1.54, 1.807) is 11.3 Å². The zero-order valence-electron chi connectivity index (χ0n) is 13.3. The van der Waals surface area contributed by atoms with E-state index in [1.807, 2.05) is 18.4 Å². The van der Waals surface area contributed by atoms with Crippen LogP contribution in [0.2, 0.25) is 0 Å². The molecule has 1 saturated carbocycles. The Morgan fingerprint density at radius 1 is 1.41 bits per heavy atom. The molecule has 0 radical (unpaired) electrons. The van der Waals surface area contributed by atoms with Crippen LogP contribution in [0.3, 0.4) is 0 Å². The number of urea groups is 1. The van der Waals surface area contributed by atoms with Crippen molar-refractivity contribution in [2.75, 3.05) is 5.75 Å². The van der Waals surface area contributed by atoms with Gasteiger partial charge in [-0.05, 0) is 30.7 Å². The number of amides is 2. The van der Waals surface area contributed by atoms with Gasteiger partial charge in [0, 0.05) is 27.5 Å². The van der Waals surface area contributed by atoms with Gasteiger partial charge in [-0.25, -0.2) is 4.79 Å². The molecule has 1 aliphatic carbocycles. The lowest BCUT2D eigenvalue weighted by atomic mass is 9.95. The minimum absolute atomic E-state index is 0.0374. The first-order valence-corrected chi connectivity index (χ1v) is 10.4. The lowest BCUT2D eigenvalue weighted by Crippen LogP contribution is -2.51. The molecule has 0 saturated heterocycles. The van der Waals surface area contributed by atoms with Crippen molar-refractivity contribution in [1.29, 1.82) is 0 Å². The molecule has 6 heteroatoms. The molecule has 2 amide bonds. The van der Waals surface area contributed by atoms with Crippen LogP contribution < -0.4 is 10.6 Å². The van der Waals surface area contributed by atoms with Crippen molar-refractivity contribution in [2.24, 2.45) is 0 Å². The molecule has 4 atom stereocenters. The molecule has 1 fully saturated rings. The highest BCUT2D eigenvalue weighted by molar-refractivity contribution is 7.85.